The van der Waals surface area contributed by atoms with Gasteiger partial charge in [0.05, 0.1) is 35.1 Å². The third-order valence-electron chi connectivity index (χ3n) is 5.87. The lowest BCUT2D eigenvalue weighted by Gasteiger charge is -2.16. The number of aryl methyl sites for hydroxylation is 2. The van der Waals surface area contributed by atoms with Crippen LogP contribution in [0.1, 0.15) is 41.5 Å². The van der Waals surface area contributed by atoms with E-state index in [1.165, 1.54) is 16.6 Å². The third kappa shape index (κ3) is 4.39. The first-order valence-corrected chi connectivity index (χ1v) is 12.8. The highest BCUT2D eigenvalue weighted by atomic mass is 32.2. The minimum absolute atomic E-state index is 0.0806. The van der Waals surface area contributed by atoms with Gasteiger partial charge in [0, 0.05) is 10.6 Å². The molecule has 9 heteroatoms. The summed E-state index contributed by atoms with van der Waals surface area (Å²) in [7, 11) is 0. The fraction of sp³-hybridized carbons (Fsp3) is 0.280. The molecule has 1 aromatic carbocycles. The Bertz CT molecular complexity index is 1450. The largest absolute Gasteiger partial charge is 0.467 e. The summed E-state index contributed by atoms with van der Waals surface area (Å²) in [6.07, 6.45) is 5.69. The molecule has 172 valence electrons. The van der Waals surface area contributed by atoms with Gasteiger partial charge in [-0.1, -0.05) is 11.8 Å². The van der Waals surface area contributed by atoms with Gasteiger partial charge in [-0.15, -0.1) is 11.3 Å². The van der Waals surface area contributed by atoms with Gasteiger partial charge in [-0.3, -0.25) is 14.2 Å². The van der Waals surface area contributed by atoms with Crippen LogP contribution in [-0.2, 0) is 24.2 Å². The summed E-state index contributed by atoms with van der Waals surface area (Å²) in [4.78, 5) is 33.4. The summed E-state index contributed by atoms with van der Waals surface area (Å²) < 4.78 is 7.13. The second-order valence-corrected chi connectivity index (χ2v) is 10.6. The van der Waals surface area contributed by atoms with Crippen LogP contribution in [0.15, 0.2) is 57.0 Å². The number of nitrogens with zero attached hydrogens (tertiary/aromatic N) is 3. The van der Waals surface area contributed by atoms with E-state index >= 15 is 0 Å². The Morgan fingerprint density at radius 3 is 2.82 bits per heavy atom. The zero-order valence-corrected chi connectivity index (χ0v) is 20.2. The minimum Gasteiger partial charge on any atom is -0.467 e. The van der Waals surface area contributed by atoms with Gasteiger partial charge in [-0.25, -0.2) is 4.98 Å². The van der Waals surface area contributed by atoms with Crippen LogP contribution in [0.5, 0.6) is 0 Å². The van der Waals surface area contributed by atoms with Gasteiger partial charge in [-0.2, -0.15) is 5.26 Å². The van der Waals surface area contributed by atoms with Crippen LogP contribution in [0, 0.1) is 11.3 Å². The first kappa shape index (κ1) is 22.4. The first-order valence-electron chi connectivity index (χ1n) is 11.1. The van der Waals surface area contributed by atoms with Crippen molar-refractivity contribution < 1.29 is 9.21 Å². The molecular formula is C25H22N4O3S2. The van der Waals surface area contributed by atoms with Crippen molar-refractivity contribution in [3.05, 3.63) is 74.8 Å². The molecule has 0 aliphatic heterocycles. The average Bonchev–Trinajstić information content (AvgIpc) is 3.49. The lowest BCUT2D eigenvalue weighted by Crippen LogP contribution is -2.27. The van der Waals surface area contributed by atoms with Crippen LogP contribution < -0.4 is 10.9 Å². The molecule has 0 bridgehead atoms. The quantitative estimate of drug-likeness (QED) is 0.303. The number of nitrogens with one attached hydrogen (secondary N) is 1. The Morgan fingerprint density at radius 1 is 1.29 bits per heavy atom. The maximum absolute atomic E-state index is 13.7. The SMILES string of the molecule is CC(Sc1nc2sc3c(c2c(=O)n1Cc1ccco1)CCCC3)C(=O)Nc1ccc(C#N)cc1. The highest BCUT2D eigenvalue weighted by Gasteiger charge is 2.25. The maximum atomic E-state index is 13.7. The van der Waals surface area contributed by atoms with E-state index in [4.69, 9.17) is 14.7 Å². The summed E-state index contributed by atoms with van der Waals surface area (Å²) in [6.45, 7) is 2.04. The molecule has 0 fully saturated rings. The van der Waals surface area contributed by atoms with Gasteiger partial charge in [-0.05, 0) is 74.6 Å². The van der Waals surface area contributed by atoms with Crippen LogP contribution in [0.2, 0.25) is 0 Å². The topological polar surface area (TPSA) is 101 Å². The molecule has 0 spiro atoms. The standard InChI is InChI=1S/C25H22N4O3S2/c1-15(22(30)27-17-10-8-16(13-26)9-11-17)33-25-28-23-21(19-6-2-3-7-20(19)34-23)24(31)29(25)14-18-5-4-12-32-18/h4-5,8-12,15H,2-3,6-7,14H2,1H3,(H,27,30). The molecule has 7 nitrogen and oxygen atoms in total. The Labute approximate surface area is 204 Å². The number of furan rings is 1. The number of rotatable bonds is 6. The number of fused-ring (bicyclic) bond motifs is 3. The number of hydrogen-bond donors (Lipinski definition) is 1. The highest BCUT2D eigenvalue weighted by molar-refractivity contribution is 8.00. The zero-order valence-electron chi connectivity index (χ0n) is 18.5. The van der Waals surface area contributed by atoms with E-state index in [2.05, 4.69) is 11.4 Å². The van der Waals surface area contributed by atoms with Crippen molar-refractivity contribution >= 4 is 44.9 Å². The fourth-order valence-electron chi connectivity index (χ4n) is 4.09. The second kappa shape index (κ2) is 9.49. The van der Waals surface area contributed by atoms with Crippen LogP contribution in [0.3, 0.4) is 0 Å². The van der Waals surface area contributed by atoms with Crippen LogP contribution in [0.25, 0.3) is 10.2 Å². The number of nitriles is 1. The molecule has 0 saturated heterocycles. The second-order valence-electron chi connectivity index (χ2n) is 8.19. The third-order valence-corrected chi connectivity index (χ3v) is 8.14. The number of benzene rings is 1. The molecule has 1 atom stereocenters. The molecule has 3 heterocycles. The van der Waals surface area contributed by atoms with Crippen LogP contribution in [-0.4, -0.2) is 20.7 Å². The number of aromatic nitrogens is 2. The number of hydrogen-bond acceptors (Lipinski definition) is 7. The van der Waals surface area contributed by atoms with Crippen LogP contribution in [0.4, 0.5) is 5.69 Å². The minimum atomic E-state index is -0.502. The highest BCUT2D eigenvalue weighted by Crippen LogP contribution is 2.35. The van der Waals surface area contributed by atoms with Crippen molar-refractivity contribution in [1.29, 1.82) is 5.26 Å². The number of carbonyl (C=O) groups excluding carboxylic acids is 1. The summed E-state index contributed by atoms with van der Waals surface area (Å²) >= 11 is 2.85. The van der Waals surface area contributed by atoms with Gasteiger partial charge >= 0.3 is 0 Å². The fourth-order valence-corrected chi connectivity index (χ4v) is 6.30. The van der Waals surface area contributed by atoms with E-state index in [1.54, 1.807) is 59.4 Å². The normalized spacial score (nSPS) is 13.9. The summed E-state index contributed by atoms with van der Waals surface area (Å²) in [5, 5.41) is 12.5. The van der Waals surface area contributed by atoms with E-state index in [0.717, 1.165) is 36.1 Å². The van der Waals surface area contributed by atoms with E-state index in [-0.39, 0.29) is 18.0 Å². The number of thioether (sulfide) groups is 1. The number of amides is 1. The number of carbonyl (C=O) groups is 1. The summed E-state index contributed by atoms with van der Waals surface area (Å²) in [5.74, 6) is 0.447. The summed E-state index contributed by atoms with van der Waals surface area (Å²) in [5.41, 5.74) is 2.19. The number of thiophene rings is 1. The van der Waals surface area contributed by atoms with Gasteiger partial charge in [0.25, 0.3) is 5.56 Å². The molecule has 1 amide bonds. The van der Waals surface area contributed by atoms with Gasteiger partial charge in [0.1, 0.15) is 10.6 Å². The van der Waals surface area contributed by atoms with Crippen molar-refractivity contribution in [3.63, 3.8) is 0 Å². The van der Waals surface area contributed by atoms with E-state index in [1.807, 2.05) is 6.07 Å². The average molecular weight is 491 g/mol. The van der Waals surface area contributed by atoms with E-state index in [0.29, 0.717) is 27.6 Å². The summed E-state index contributed by atoms with van der Waals surface area (Å²) in [6, 6.07) is 12.4. The van der Waals surface area contributed by atoms with Gasteiger partial charge < -0.3 is 9.73 Å². The molecule has 0 saturated carbocycles. The molecule has 0 radical (unpaired) electrons. The molecule has 1 unspecified atom stereocenters. The Kier molecular flexibility index (Phi) is 6.26. The molecule has 1 aliphatic carbocycles. The van der Waals surface area contributed by atoms with Crippen molar-refractivity contribution in [2.24, 2.45) is 0 Å². The van der Waals surface area contributed by atoms with Crippen LogP contribution >= 0.6 is 23.1 Å². The molecular weight excluding hydrogens is 468 g/mol. The van der Waals surface area contributed by atoms with Crippen molar-refractivity contribution in [2.45, 2.75) is 49.6 Å². The first-order chi connectivity index (χ1) is 16.5. The predicted octanol–water partition coefficient (Wildman–Crippen LogP) is 4.97. The lowest BCUT2D eigenvalue weighted by molar-refractivity contribution is -0.115. The molecule has 4 aromatic rings. The predicted molar refractivity (Wildman–Crippen MR) is 133 cm³/mol. The smallest absolute Gasteiger partial charge is 0.263 e. The Balaban J connectivity index is 1.47. The Hall–Kier alpha value is -3.35. The van der Waals surface area contributed by atoms with Crippen molar-refractivity contribution in [2.75, 3.05) is 5.32 Å². The maximum Gasteiger partial charge on any atom is 0.263 e. The zero-order chi connectivity index (χ0) is 23.7. The molecule has 1 aliphatic rings. The Morgan fingerprint density at radius 2 is 2.09 bits per heavy atom. The number of anilines is 1. The van der Waals surface area contributed by atoms with Gasteiger partial charge in [0.2, 0.25) is 5.91 Å². The molecule has 5 rings (SSSR count). The van der Waals surface area contributed by atoms with E-state index < -0.39 is 5.25 Å². The van der Waals surface area contributed by atoms with E-state index in [9.17, 15) is 9.59 Å². The monoisotopic (exact) mass is 490 g/mol. The lowest BCUT2D eigenvalue weighted by atomic mass is 9.97. The van der Waals surface area contributed by atoms with Crippen molar-refractivity contribution in [1.82, 2.24) is 9.55 Å². The van der Waals surface area contributed by atoms with Gasteiger partial charge in [0.15, 0.2) is 5.16 Å². The molecule has 1 N–H and O–H groups in total. The van der Waals surface area contributed by atoms with Crippen molar-refractivity contribution in [3.8, 4) is 6.07 Å². The molecule has 3 aromatic heterocycles. The molecule has 34 heavy (non-hydrogen) atoms.